The van der Waals surface area contributed by atoms with Crippen LogP contribution in [0, 0.1) is 34.5 Å². The van der Waals surface area contributed by atoms with Crippen LogP contribution in [0.25, 0.3) is 12.2 Å². The number of anilines is 2. The average Bonchev–Trinajstić information content (AvgIpc) is 3.29. The molecule has 0 saturated heterocycles. The third-order valence-electron chi connectivity index (χ3n) is 9.01. The number of carbonyl (C=O) groups excluding carboxylic acids is 6. The summed E-state index contributed by atoms with van der Waals surface area (Å²) < 4.78 is 30.5. The standard InChI is InChI=1S/C48H58N4O12/c1-7-43(53)61-27-29-63-47(57)39(33-49)31-37-9-13-41(14-10-37)51(21-19-35(3)4)23-25-59-45(55)17-18-46(56)60-26-24-52(22-20-36(5)6)42-15-11-38(12-16-42)32-40(34-50)48(58)64-30-28-62-44(54)8-2/h7-16,31-32,35-36H,1-2,17-30H2,3-6H3/b39-31+,40-32+. The van der Waals surface area contributed by atoms with Crippen molar-refractivity contribution in [2.45, 2.75) is 53.4 Å². The normalized spacial score (nSPS) is 11.1. The molecule has 0 heterocycles. The summed E-state index contributed by atoms with van der Waals surface area (Å²) in [4.78, 5) is 76.4. The number of nitriles is 2. The van der Waals surface area contributed by atoms with Crippen molar-refractivity contribution < 1.29 is 57.2 Å². The van der Waals surface area contributed by atoms with E-state index < -0.39 is 35.8 Å². The van der Waals surface area contributed by atoms with Gasteiger partial charge in [0.1, 0.15) is 62.9 Å². The van der Waals surface area contributed by atoms with Crippen LogP contribution < -0.4 is 9.80 Å². The zero-order chi connectivity index (χ0) is 47.3. The monoisotopic (exact) mass is 882 g/mol. The average molecular weight is 883 g/mol. The van der Waals surface area contributed by atoms with E-state index in [1.54, 1.807) is 24.3 Å². The van der Waals surface area contributed by atoms with E-state index in [2.05, 4.69) is 50.7 Å². The van der Waals surface area contributed by atoms with Crippen molar-refractivity contribution in [2.75, 3.05) is 75.6 Å². The number of hydrogen-bond acceptors (Lipinski definition) is 16. The number of rotatable bonds is 29. The quantitative estimate of drug-likeness (QED) is 0.0288. The van der Waals surface area contributed by atoms with E-state index in [4.69, 9.17) is 28.4 Å². The van der Waals surface area contributed by atoms with Gasteiger partial charge in [-0.1, -0.05) is 65.1 Å². The summed E-state index contributed by atoms with van der Waals surface area (Å²) in [5.74, 6) is -3.27. The van der Waals surface area contributed by atoms with Gasteiger partial charge in [-0.3, -0.25) is 9.59 Å². The lowest BCUT2D eigenvalue weighted by Crippen LogP contribution is -2.30. The molecule has 64 heavy (non-hydrogen) atoms. The first-order chi connectivity index (χ1) is 30.7. The maximum atomic E-state index is 12.6. The SMILES string of the molecule is C=CC(=O)OCCOC(=O)/C(C#N)=C/c1ccc(N(CCOC(=O)CCC(=O)OCCN(CCC(C)C)c2ccc(/C=C(\C#N)C(=O)OCCOC(=O)C=C)cc2)CCC(C)C)cc1. The van der Waals surface area contributed by atoms with Crippen LogP contribution in [0.3, 0.4) is 0 Å². The second-order valence-corrected chi connectivity index (χ2v) is 14.8. The van der Waals surface area contributed by atoms with Crippen LogP contribution in [0.4, 0.5) is 11.4 Å². The Balaban J connectivity index is 1.90. The zero-order valence-corrected chi connectivity index (χ0v) is 37.1. The summed E-state index contributed by atoms with van der Waals surface area (Å²) in [6.07, 6.45) is 6.20. The lowest BCUT2D eigenvalue weighted by atomic mass is 10.1. The highest BCUT2D eigenvalue weighted by atomic mass is 16.6. The Morgan fingerprint density at radius 1 is 0.531 bits per heavy atom. The third-order valence-corrected chi connectivity index (χ3v) is 9.01. The molecule has 2 aromatic carbocycles. The molecular formula is C48H58N4O12. The van der Waals surface area contributed by atoms with Crippen molar-refractivity contribution in [3.63, 3.8) is 0 Å². The number of nitrogens with zero attached hydrogens (tertiary/aromatic N) is 4. The molecule has 16 heteroatoms. The van der Waals surface area contributed by atoms with Gasteiger partial charge in [0.25, 0.3) is 0 Å². The molecule has 0 unspecified atom stereocenters. The van der Waals surface area contributed by atoms with Crippen molar-refractivity contribution in [1.82, 2.24) is 0 Å². The van der Waals surface area contributed by atoms with Gasteiger partial charge >= 0.3 is 35.8 Å². The number of ether oxygens (including phenoxy) is 6. The van der Waals surface area contributed by atoms with E-state index in [9.17, 15) is 39.3 Å². The molecule has 0 bridgehead atoms. The minimum atomic E-state index is -0.852. The second kappa shape index (κ2) is 29.9. The molecule has 0 N–H and O–H groups in total. The second-order valence-electron chi connectivity index (χ2n) is 14.8. The molecule has 0 aliphatic heterocycles. The summed E-state index contributed by atoms with van der Waals surface area (Å²) in [6.45, 7) is 16.5. The van der Waals surface area contributed by atoms with Crippen LogP contribution >= 0.6 is 0 Å². The maximum Gasteiger partial charge on any atom is 0.349 e. The number of esters is 6. The molecule has 0 amide bonds. The Morgan fingerprint density at radius 2 is 0.875 bits per heavy atom. The van der Waals surface area contributed by atoms with E-state index in [-0.39, 0.29) is 63.6 Å². The molecule has 2 rings (SSSR count). The highest BCUT2D eigenvalue weighted by Gasteiger charge is 2.16. The predicted octanol–water partition coefficient (Wildman–Crippen LogP) is 6.32. The van der Waals surface area contributed by atoms with E-state index in [0.717, 1.165) is 36.4 Å². The number of benzene rings is 2. The first-order valence-corrected chi connectivity index (χ1v) is 20.9. The Labute approximate surface area is 375 Å². The minimum Gasteiger partial charge on any atom is -0.464 e. The first kappa shape index (κ1) is 52.9. The van der Waals surface area contributed by atoms with Crippen LogP contribution in [0.1, 0.15) is 64.5 Å². The third kappa shape index (κ3) is 21.5. The highest BCUT2D eigenvalue weighted by molar-refractivity contribution is 5.98. The maximum absolute atomic E-state index is 12.6. The van der Waals surface area contributed by atoms with Gasteiger partial charge < -0.3 is 38.2 Å². The van der Waals surface area contributed by atoms with E-state index in [1.165, 1.54) is 12.2 Å². The van der Waals surface area contributed by atoms with Gasteiger partial charge in [-0.15, -0.1) is 0 Å². The highest BCUT2D eigenvalue weighted by Crippen LogP contribution is 2.21. The molecule has 0 fully saturated rings. The van der Waals surface area contributed by atoms with Crippen molar-refractivity contribution in [1.29, 1.82) is 10.5 Å². The fourth-order valence-corrected chi connectivity index (χ4v) is 5.45. The molecule has 2 aromatic rings. The lowest BCUT2D eigenvalue weighted by molar-refractivity contribution is -0.150. The minimum absolute atomic E-state index is 0.0798. The number of carbonyl (C=O) groups is 6. The number of hydrogen-bond donors (Lipinski definition) is 0. The van der Waals surface area contributed by atoms with Crippen LogP contribution in [0.5, 0.6) is 0 Å². The smallest absolute Gasteiger partial charge is 0.349 e. The summed E-state index contributed by atoms with van der Waals surface area (Å²) in [6, 6.07) is 18.0. The molecule has 0 spiro atoms. The molecular weight excluding hydrogens is 825 g/mol. The Kier molecular flexibility index (Phi) is 24.8. The van der Waals surface area contributed by atoms with Crippen molar-refractivity contribution in [3.8, 4) is 12.1 Å². The van der Waals surface area contributed by atoms with Crippen molar-refractivity contribution in [2.24, 2.45) is 11.8 Å². The van der Waals surface area contributed by atoms with Gasteiger partial charge in [0.15, 0.2) is 0 Å². The molecule has 0 radical (unpaired) electrons. The molecule has 0 aliphatic carbocycles. The van der Waals surface area contributed by atoms with Crippen molar-refractivity contribution in [3.05, 3.63) is 96.1 Å². The first-order valence-electron chi connectivity index (χ1n) is 20.9. The summed E-state index contributed by atoms with van der Waals surface area (Å²) in [5, 5.41) is 19.0. The van der Waals surface area contributed by atoms with Crippen LogP contribution in [-0.2, 0) is 57.2 Å². The van der Waals surface area contributed by atoms with E-state index in [0.29, 0.717) is 49.1 Å². The van der Waals surface area contributed by atoms with Gasteiger partial charge in [-0.2, -0.15) is 10.5 Å². The van der Waals surface area contributed by atoms with Gasteiger partial charge in [-0.05, 0) is 72.2 Å². The Morgan fingerprint density at radius 3 is 1.19 bits per heavy atom. The molecule has 0 aromatic heterocycles. The molecule has 16 nitrogen and oxygen atoms in total. The molecule has 0 saturated carbocycles. The lowest BCUT2D eigenvalue weighted by Gasteiger charge is -2.26. The largest absolute Gasteiger partial charge is 0.464 e. The molecule has 342 valence electrons. The van der Waals surface area contributed by atoms with Crippen LogP contribution in [-0.4, -0.2) is 102 Å². The fourth-order valence-electron chi connectivity index (χ4n) is 5.45. The van der Waals surface area contributed by atoms with Gasteiger partial charge in [-0.25, -0.2) is 19.2 Å². The van der Waals surface area contributed by atoms with Crippen molar-refractivity contribution >= 4 is 59.3 Å². The Bertz CT molecular complexity index is 1880. The zero-order valence-electron chi connectivity index (χ0n) is 37.1. The Hall–Kier alpha value is -7.20. The fraction of sp³-hybridized carbons (Fsp3) is 0.417. The predicted molar refractivity (Wildman–Crippen MR) is 239 cm³/mol. The van der Waals surface area contributed by atoms with Gasteiger partial charge in [0.05, 0.1) is 25.9 Å². The molecule has 0 atom stereocenters. The van der Waals surface area contributed by atoms with Crippen LogP contribution in [0.15, 0.2) is 85.0 Å². The summed E-state index contributed by atoms with van der Waals surface area (Å²) >= 11 is 0. The van der Waals surface area contributed by atoms with Crippen LogP contribution in [0.2, 0.25) is 0 Å². The van der Waals surface area contributed by atoms with Gasteiger partial charge in [0, 0.05) is 36.6 Å². The van der Waals surface area contributed by atoms with E-state index >= 15 is 0 Å². The topological polar surface area (TPSA) is 212 Å². The summed E-state index contributed by atoms with van der Waals surface area (Å²) in [7, 11) is 0. The summed E-state index contributed by atoms with van der Waals surface area (Å²) in [5.41, 5.74) is 2.40. The van der Waals surface area contributed by atoms with Gasteiger partial charge in [0.2, 0.25) is 0 Å². The van der Waals surface area contributed by atoms with E-state index in [1.807, 2.05) is 36.4 Å². The molecule has 0 aliphatic rings.